The smallest absolute Gasteiger partial charge is 0.0611 e. The second-order valence-electron chi connectivity index (χ2n) is 3.12. The highest BCUT2D eigenvalue weighted by atomic mass is 32.1. The van der Waals surface area contributed by atoms with Crippen LogP contribution in [0.1, 0.15) is 34.1 Å². The molecule has 0 rings (SSSR count). The lowest BCUT2D eigenvalue weighted by molar-refractivity contribution is 0.508. The lowest BCUT2D eigenvalue weighted by Gasteiger charge is -2.21. The number of rotatable bonds is 4. The Morgan fingerprint density at radius 2 is 2.00 bits per heavy atom. The first-order valence-electron chi connectivity index (χ1n) is 4.29. The number of hydrogen-bond acceptors (Lipinski definition) is 2. The van der Waals surface area contributed by atoms with Crippen LogP contribution in [0.25, 0.3) is 0 Å². The van der Waals surface area contributed by atoms with E-state index in [-0.39, 0.29) is 0 Å². The van der Waals surface area contributed by atoms with Gasteiger partial charge in [0.2, 0.25) is 0 Å². The molecule has 2 unspecified atom stereocenters. The Balaban J connectivity index is 4.02. The van der Waals surface area contributed by atoms with Crippen LogP contribution in [0.4, 0.5) is 0 Å². The predicted octanol–water partition coefficient (Wildman–Crippen LogP) is 2.81. The van der Waals surface area contributed by atoms with Crippen molar-refractivity contribution in [2.45, 2.75) is 45.4 Å². The first-order valence-corrected chi connectivity index (χ1v) is 4.81. The summed E-state index contributed by atoms with van der Waals surface area (Å²) in [6.45, 7) is 8.49. The summed E-state index contributed by atoms with van der Waals surface area (Å²) in [5.41, 5.74) is 0. The summed E-state index contributed by atoms with van der Waals surface area (Å²) in [6.07, 6.45) is 2.95. The molecular weight excluding hydrogens is 154 g/mol. The van der Waals surface area contributed by atoms with Crippen molar-refractivity contribution in [2.24, 2.45) is 10.9 Å². The van der Waals surface area contributed by atoms with E-state index in [2.05, 4.69) is 38.4 Å². The van der Waals surface area contributed by atoms with Gasteiger partial charge in [0.1, 0.15) is 0 Å². The molecule has 2 heteroatoms. The van der Waals surface area contributed by atoms with Crippen LogP contribution in [0.15, 0.2) is 4.99 Å². The zero-order valence-corrected chi connectivity index (χ0v) is 8.81. The molecule has 66 valence electrons. The zero-order valence-electron chi connectivity index (χ0n) is 7.91. The number of thiol groups is 1. The van der Waals surface area contributed by atoms with Crippen molar-refractivity contribution in [3.63, 3.8) is 0 Å². The summed E-state index contributed by atoms with van der Waals surface area (Å²) >= 11 is 4.52. The predicted molar refractivity (Wildman–Crippen MR) is 55.9 cm³/mol. The molecule has 0 aromatic carbocycles. The Kier molecular flexibility index (Phi) is 5.65. The Labute approximate surface area is 75.7 Å². The van der Waals surface area contributed by atoms with Crippen molar-refractivity contribution in [1.29, 1.82) is 0 Å². The molecule has 0 aliphatic rings. The van der Waals surface area contributed by atoms with Gasteiger partial charge in [0.05, 0.1) is 6.04 Å². The standard InChI is InChI=1S/C9H19NS/c1-5-8(10-6-2)9(11)7(3)4/h6-9,11H,5H2,1-4H3. The van der Waals surface area contributed by atoms with E-state index < -0.39 is 0 Å². The molecule has 0 spiro atoms. The van der Waals surface area contributed by atoms with Crippen molar-refractivity contribution in [3.05, 3.63) is 0 Å². The van der Waals surface area contributed by atoms with Crippen LogP contribution < -0.4 is 0 Å². The number of nitrogens with zero attached hydrogens (tertiary/aromatic N) is 1. The highest BCUT2D eigenvalue weighted by Gasteiger charge is 2.17. The van der Waals surface area contributed by atoms with E-state index in [9.17, 15) is 0 Å². The minimum atomic E-state index is 0.392. The fourth-order valence-electron chi connectivity index (χ4n) is 1.07. The molecule has 11 heavy (non-hydrogen) atoms. The van der Waals surface area contributed by atoms with Crippen molar-refractivity contribution < 1.29 is 0 Å². The summed E-state index contributed by atoms with van der Waals surface area (Å²) < 4.78 is 0. The van der Waals surface area contributed by atoms with E-state index in [1.54, 1.807) is 0 Å². The van der Waals surface area contributed by atoms with Crippen molar-refractivity contribution in [3.8, 4) is 0 Å². The van der Waals surface area contributed by atoms with Crippen LogP contribution in [0.3, 0.4) is 0 Å². The maximum atomic E-state index is 4.52. The summed E-state index contributed by atoms with van der Waals surface area (Å²) in [7, 11) is 0. The zero-order chi connectivity index (χ0) is 8.85. The normalized spacial score (nSPS) is 17.6. The van der Waals surface area contributed by atoms with E-state index in [1.807, 2.05) is 13.1 Å². The monoisotopic (exact) mass is 173 g/mol. The lowest BCUT2D eigenvalue weighted by atomic mass is 10.0. The second-order valence-corrected chi connectivity index (χ2v) is 3.71. The van der Waals surface area contributed by atoms with Gasteiger partial charge < -0.3 is 0 Å². The van der Waals surface area contributed by atoms with Gasteiger partial charge in [-0.25, -0.2) is 0 Å². The topological polar surface area (TPSA) is 12.4 Å². The highest BCUT2D eigenvalue weighted by Crippen LogP contribution is 2.18. The minimum Gasteiger partial charge on any atom is -0.293 e. The average Bonchev–Trinajstić information content (AvgIpc) is 1.98. The number of aliphatic imine (C=N–C) groups is 1. The Hall–Kier alpha value is 0.0200. The Morgan fingerprint density at radius 3 is 2.27 bits per heavy atom. The van der Waals surface area contributed by atoms with E-state index in [4.69, 9.17) is 0 Å². The summed E-state index contributed by atoms with van der Waals surface area (Å²) in [5, 5.41) is 0.399. The van der Waals surface area contributed by atoms with Gasteiger partial charge in [-0.3, -0.25) is 4.99 Å². The molecule has 0 radical (unpaired) electrons. The second kappa shape index (κ2) is 5.64. The van der Waals surface area contributed by atoms with Crippen molar-refractivity contribution in [2.75, 3.05) is 0 Å². The van der Waals surface area contributed by atoms with Gasteiger partial charge in [-0.05, 0) is 25.5 Å². The third-order valence-corrected chi connectivity index (χ3v) is 2.78. The average molecular weight is 173 g/mol. The van der Waals surface area contributed by atoms with Gasteiger partial charge in [-0.2, -0.15) is 12.6 Å². The molecule has 0 saturated heterocycles. The Morgan fingerprint density at radius 1 is 1.45 bits per heavy atom. The number of hydrogen-bond donors (Lipinski definition) is 1. The van der Waals surface area contributed by atoms with Gasteiger partial charge in [0.15, 0.2) is 0 Å². The van der Waals surface area contributed by atoms with Crippen molar-refractivity contribution in [1.82, 2.24) is 0 Å². The molecule has 0 heterocycles. The van der Waals surface area contributed by atoms with E-state index >= 15 is 0 Å². The SMILES string of the molecule is CC=NC(CC)C(S)C(C)C. The molecule has 2 atom stereocenters. The molecular formula is C9H19NS. The summed E-state index contributed by atoms with van der Waals surface area (Å²) in [4.78, 5) is 4.36. The molecule has 0 bridgehead atoms. The van der Waals surface area contributed by atoms with Gasteiger partial charge in [-0.1, -0.05) is 20.8 Å². The lowest BCUT2D eigenvalue weighted by Crippen LogP contribution is -2.23. The van der Waals surface area contributed by atoms with Crippen LogP contribution in [0, 0.1) is 5.92 Å². The van der Waals surface area contributed by atoms with E-state index in [1.165, 1.54) is 0 Å². The maximum Gasteiger partial charge on any atom is 0.0611 e. The molecule has 0 aromatic rings. The minimum absolute atomic E-state index is 0.392. The summed E-state index contributed by atoms with van der Waals surface area (Å²) in [6, 6.07) is 0.392. The van der Waals surface area contributed by atoms with Crippen LogP contribution in [0.5, 0.6) is 0 Å². The summed E-state index contributed by atoms with van der Waals surface area (Å²) in [5.74, 6) is 0.604. The molecule has 0 amide bonds. The quantitative estimate of drug-likeness (QED) is 0.496. The maximum absolute atomic E-state index is 4.52. The van der Waals surface area contributed by atoms with E-state index in [0.717, 1.165) is 6.42 Å². The van der Waals surface area contributed by atoms with Gasteiger partial charge >= 0.3 is 0 Å². The fraction of sp³-hybridized carbons (Fsp3) is 0.889. The third kappa shape index (κ3) is 3.80. The van der Waals surface area contributed by atoms with Gasteiger partial charge in [0, 0.05) is 5.25 Å². The third-order valence-electron chi connectivity index (χ3n) is 1.84. The molecule has 1 nitrogen and oxygen atoms in total. The fourth-order valence-corrected chi connectivity index (χ4v) is 1.36. The van der Waals surface area contributed by atoms with Gasteiger partial charge in [0.25, 0.3) is 0 Å². The van der Waals surface area contributed by atoms with Crippen LogP contribution in [0.2, 0.25) is 0 Å². The first kappa shape index (κ1) is 11.0. The van der Waals surface area contributed by atoms with Gasteiger partial charge in [-0.15, -0.1) is 0 Å². The van der Waals surface area contributed by atoms with Crippen LogP contribution >= 0.6 is 12.6 Å². The van der Waals surface area contributed by atoms with Crippen LogP contribution in [-0.4, -0.2) is 17.5 Å². The van der Waals surface area contributed by atoms with E-state index in [0.29, 0.717) is 17.2 Å². The molecule has 0 aliphatic heterocycles. The molecule has 0 aliphatic carbocycles. The molecule has 0 N–H and O–H groups in total. The molecule has 0 saturated carbocycles. The first-order chi connectivity index (χ1) is 5.13. The molecule has 0 aromatic heterocycles. The largest absolute Gasteiger partial charge is 0.293 e. The van der Waals surface area contributed by atoms with Crippen LogP contribution in [-0.2, 0) is 0 Å². The van der Waals surface area contributed by atoms with Crippen molar-refractivity contribution >= 4 is 18.8 Å². The molecule has 0 fully saturated rings. The highest BCUT2D eigenvalue weighted by molar-refractivity contribution is 7.81. The Bertz CT molecular complexity index is 121.